The van der Waals surface area contributed by atoms with Crippen LogP contribution in [0, 0.1) is 0 Å². The van der Waals surface area contributed by atoms with E-state index in [1.807, 2.05) is 12.1 Å². The van der Waals surface area contributed by atoms with Gasteiger partial charge in [0.05, 0.1) is 16.7 Å². The smallest absolute Gasteiger partial charge is 0.136 e. The molecule has 10 aromatic carbocycles. The van der Waals surface area contributed by atoms with Crippen LogP contribution < -0.4 is 4.90 Å². The van der Waals surface area contributed by atoms with E-state index in [0.717, 1.165) is 61.4 Å². The zero-order chi connectivity index (χ0) is 44.3. The summed E-state index contributed by atoms with van der Waals surface area (Å²) in [5, 5.41) is 7.44. The average Bonchev–Trinajstić information content (AvgIpc) is 3.94. The van der Waals surface area contributed by atoms with Gasteiger partial charge in [0.25, 0.3) is 0 Å². The SMILES string of the molecule is c1ccc(-n2c3ccccc3c3cc(-c4cccc(N(c5cccc(-c6ccc7c(c6)oc6ccccc67)c5)c5ccccc5-c5cccc6cccc(C7CCCCC7)c56)c4)ccc32)cc1. The maximum Gasteiger partial charge on any atom is 0.136 e. The lowest BCUT2D eigenvalue weighted by Crippen LogP contribution is -2.12. The number of furan rings is 1. The van der Waals surface area contributed by atoms with E-state index in [-0.39, 0.29) is 0 Å². The molecule has 1 aliphatic carbocycles. The summed E-state index contributed by atoms with van der Waals surface area (Å²) >= 11 is 0. The van der Waals surface area contributed by atoms with Gasteiger partial charge in [-0.2, -0.15) is 0 Å². The lowest BCUT2D eigenvalue weighted by Gasteiger charge is -2.30. The zero-order valence-corrected chi connectivity index (χ0v) is 37.3. The average molecular weight is 861 g/mol. The van der Waals surface area contributed by atoms with Crippen molar-refractivity contribution in [1.82, 2.24) is 4.57 Å². The van der Waals surface area contributed by atoms with E-state index < -0.39 is 0 Å². The minimum absolute atomic E-state index is 0.568. The van der Waals surface area contributed by atoms with Crippen molar-refractivity contribution >= 4 is 71.6 Å². The molecule has 12 aromatic rings. The fraction of sp³-hybridized carbons (Fsp3) is 0.0938. The van der Waals surface area contributed by atoms with E-state index >= 15 is 0 Å². The molecule has 0 atom stereocenters. The van der Waals surface area contributed by atoms with Crippen molar-refractivity contribution in [3.05, 3.63) is 230 Å². The van der Waals surface area contributed by atoms with Crippen LogP contribution in [0.5, 0.6) is 0 Å². The fourth-order valence-electron chi connectivity index (χ4n) is 11.2. The molecule has 13 rings (SSSR count). The molecule has 0 aliphatic heterocycles. The van der Waals surface area contributed by atoms with Crippen molar-refractivity contribution in [2.75, 3.05) is 4.90 Å². The molecule has 0 spiro atoms. The number of benzene rings is 10. The summed E-state index contributed by atoms with van der Waals surface area (Å²) in [7, 11) is 0. The standard InChI is InChI=1S/C64H48N2O/c1-3-17-43(18-4-1)52-30-15-19-44-20-16-31-57(64(44)52)53-27-7-10-32-59(53)65(51-26-14-22-46(40-51)48-35-37-56-55-29-9-12-34-62(55)67-63(56)42-48)50-25-13-21-45(39-50)47-36-38-61-58(41-47)54-28-8-11-33-60(54)66(61)49-23-5-2-6-24-49/h2,5-16,19-43H,1,3-4,17-18H2. The summed E-state index contributed by atoms with van der Waals surface area (Å²) in [6, 6.07) is 82.4. The Morgan fingerprint density at radius 2 is 1.01 bits per heavy atom. The Kier molecular flexibility index (Phi) is 9.60. The highest BCUT2D eigenvalue weighted by Crippen LogP contribution is 2.47. The molecule has 0 radical (unpaired) electrons. The molecule has 67 heavy (non-hydrogen) atoms. The van der Waals surface area contributed by atoms with Crippen LogP contribution in [0.15, 0.2) is 229 Å². The van der Waals surface area contributed by atoms with Gasteiger partial charge >= 0.3 is 0 Å². The highest BCUT2D eigenvalue weighted by atomic mass is 16.3. The fourth-order valence-corrected chi connectivity index (χ4v) is 11.2. The Labute approximate surface area is 390 Å². The molecule has 1 aliphatic rings. The van der Waals surface area contributed by atoms with Crippen LogP contribution in [0.4, 0.5) is 17.1 Å². The van der Waals surface area contributed by atoms with Crippen LogP contribution in [-0.4, -0.2) is 4.57 Å². The largest absolute Gasteiger partial charge is 0.456 e. The molecular weight excluding hydrogens is 813 g/mol. The predicted octanol–water partition coefficient (Wildman–Crippen LogP) is 18.4. The monoisotopic (exact) mass is 860 g/mol. The quantitative estimate of drug-likeness (QED) is 0.152. The van der Waals surface area contributed by atoms with Gasteiger partial charge in [0.15, 0.2) is 0 Å². The van der Waals surface area contributed by atoms with Crippen LogP contribution in [0.2, 0.25) is 0 Å². The third-order valence-corrected chi connectivity index (χ3v) is 14.4. The van der Waals surface area contributed by atoms with Crippen LogP contribution in [-0.2, 0) is 0 Å². The minimum atomic E-state index is 0.568. The molecule has 0 unspecified atom stereocenters. The third kappa shape index (κ3) is 6.81. The van der Waals surface area contributed by atoms with Crippen molar-refractivity contribution in [3.8, 4) is 39.1 Å². The highest BCUT2D eigenvalue weighted by Gasteiger charge is 2.24. The molecular formula is C64H48N2O. The summed E-state index contributed by atoms with van der Waals surface area (Å²) in [5.74, 6) is 0.568. The summed E-state index contributed by atoms with van der Waals surface area (Å²) in [6.45, 7) is 0. The number of para-hydroxylation sites is 4. The van der Waals surface area contributed by atoms with Crippen LogP contribution in [0.1, 0.15) is 43.6 Å². The molecule has 3 heteroatoms. The van der Waals surface area contributed by atoms with Crippen molar-refractivity contribution in [2.24, 2.45) is 0 Å². The molecule has 320 valence electrons. The topological polar surface area (TPSA) is 21.3 Å². The minimum Gasteiger partial charge on any atom is -0.456 e. The maximum absolute atomic E-state index is 6.40. The van der Waals surface area contributed by atoms with E-state index in [0.29, 0.717) is 5.92 Å². The number of rotatable bonds is 8. The number of nitrogens with zero attached hydrogens (tertiary/aromatic N) is 2. The third-order valence-electron chi connectivity index (χ3n) is 14.4. The summed E-state index contributed by atoms with van der Waals surface area (Å²) in [6.07, 6.45) is 6.43. The van der Waals surface area contributed by atoms with E-state index in [1.54, 1.807) is 0 Å². The Balaban J connectivity index is 0.994. The molecule has 0 N–H and O–H groups in total. The predicted molar refractivity (Wildman–Crippen MR) is 282 cm³/mol. The Morgan fingerprint density at radius 1 is 0.403 bits per heavy atom. The zero-order valence-electron chi connectivity index (χ0n) is 37.3. The molecule has 2 aromatic heterocycles. The highest BCUT2D eigenvalue weighted by molar-refractivity contribution is 6.11. The van der Waals surface area contributed by atoms with Crippen LogP contribution >= 0.6 is 0 Å². The lowest BCUT2D eigenvalue weighted by molar-refractivity contribution is 0.445. The molecule has 0 bridgehead atoms. The van der Waals surface area contributed by atoms with E-state index in [4.69, 9.17) is 4.42 Å². The van der Waals surface area contributed by atoms with Gasteiger partial charge in [-0.15, -0.1) is 0 Å². The maximum atomic E-state index is 6.40. The molecule has 3 nitrogen and oxygen atoms in total. The Hall–Kier alpha value is -8.14. The number of hydrogen-bond acceptors (Lipinski definition) is 2. The number of hydrogen-bond donors (Lipinski definition) is 0. The number of fused-ring (bicyclic) bond motifs is 7. The summed E-state index contributed by atoms with van der Waals surface area (Å²) in [4.78, 5) is 2.48. The first-order chi connectivity index (χ1) is 33.2. The normalized spacial score (nSPS) is 13.3. The summed E-state index contributed by atoms with van der Waals surface area (Å²) < 4.78 is 8.79. The van der Waals surface area contributed by atoms with E-state index in [9.17, 15) is 0 Å². The second-order valence-electron chi connectivity index (χ2n) is 18.3. The first-order valence-electron chi connectivity index (χ1n) is 23.9. The van der Waals surface area contributed by atoms with Gasteiger partial charge in [-0.1, -0.05) is 165 Å². The van der Waals surface area contributed by atoms with Crippen molar-refractivity contribution in [1.29, 1.82) is 0 Å². The van der Waals surface area contributed by atoms with Gasteiger partial charge in [0.1, 0.15) is 11.2 Å². The van der Waals surface area contributed by atoms with Gasteiger partial charge < -0.3 is 13.9 Å². The summed E-state index contributed by atoms with van der Waals surface area (Å²) in [5.41, 5.74) is 17.2. The first-order valence-corrected chi connectivity index (χ1v) is 23.9. The Bertz CT molecular complexity index is 3810. The first kappa shape index (κ1) is 39.2. The van der Waals surface area contributed by atoms with Crippen molar-refractivity contribution in [3.63, 3.8) is 0 Å². The van der Waals surface area contributed by atoms with Crippen molar-refractivity contribution < 1.29 is 4.42 Å². The molecule has 2 heterocycles. The molecule has 1 fully saturated rings. The van der Waals surface area contributed by atoms with Crippen LogP contribution in [0.25, 0.3) is 93.6 Å². The van der Waals surface area contributed by atoms with E-state index in [2.05, 4.69) is 222 Å². The second kappa shape index (κ2) is 16.4. The Morgan fingerprint density at radius 3 is 1.84 bits per heavy atom. The van der Waals surface area contributed by atoms with Gasteiger partial charge in [0, 0.05) is 44.2 Å². The molecule has 0 amide bonds. The van der Waals surface area contributed by atoms with Crippen molar-refractivity contribution in [2.45, 2.75) is 38.0 Å². The molecule has 0 saturated heterocycles. The number of aromatic nitrogens is 1. The van der Waals surface area contributed by atoms with Gasteiger partial charge in [-0.3, -0.25) is 0 Å². The van der Waals surface area contributed by atoms with Gasteiger partial charge in [-0.05, 0) is 142 Å². The van der Waals surface area contributed by atoms with E-state index in [1.165, 1.54) is 86.9 Å². The number of anilines is 3. The van der Waals surface area contributed by atoms with Gasteiger partial charge in [0.2, 0.25) is 0 Å². The molecule has 1 saturated carbocycles. The lowest BCUT2D eigenvalue weighted by atomic mass is 9.80. The second-order valence-corrected chi connectivity index (χ2v) is 18.3. The van der Waals surface area contributed by atoms with Crippen LogP contribution in [0.3, 0.4) is 0 Å². The van der Waals surface area contributed by atoms with Gasteiger partial charge in [-0.25, -0.2) is 0 Å².